The molecule has 3 aromatic carbocycles. The molecule has 1 heterocycles. The smallest absolute Gasteiger partial charge is 0.229 e. The maximum Gasteiger partial charge on any atom is 0.229 e. The van der Waals surface area contributed by atoms with Gasteiger partial charge in [-0.05, 0) is 66.9 Å². The molecule has 4 rings (SSSR count). The van der Waals surface area contributed by atoms with Gasteiger partial charge in [-0.2, -0.15) is 4.98 Å². The molecule has 0 aliphatic rings. The topological polar surface area (TPSA) is 59.1 Å². The second-order valence-corrected chi connectivity index (χ2v) is 7.04. The van der Waals surface area contributed by atoms with Crippen LogP contribution in [0.15, 0.2) is 66.7 Å². The molecule has 0 atom stereocenters. The van der Waals surface area contributed by atoms with Crippen molar-refractivity contribution in [2.45, 2.75) is 20.4 Å². The van der Waals surface area contributed by atoms with Gasteiger partial charge in [0.15, 0.2) is 0 Å². The van der Waals surface area contributed by atoms with Crippen LogP contribution in [0.3, 0.4) is 0 Å². The highest BCUT2D eigenvalue weighted by Crippen LogP contribution is 2.25. The number of hydrogen-bond donors (Lipinski definition) is 2. The van der Waals surface area contributed by atoms with Crippen molar-refractivity contribution in [3.05, 3.63) is 83.4 Å². The van der Waals surface area contributed by atoms with Gasteiger partial charge in [0, 0.05) is 17.6 Å². The Morgan fingerprint density at radius 2 is 1.66 bits per heavy atom. The van der Waals surface area contributed by atoms with Gasteiger partial charge < -0.3 is 15.4 Å². The van der Waals surface area contributed by atoms with E-state index in [4.69, 9.17) is 9.72 Å². The number of nitrogens with zero attached hydrogens (tertiary/aromatic N) is 2. The van der Waals surface area contributed by atoms with Gasteiger partial charge in [0.25, 0.3) is 0 Å². The second kappa shape index (κ2) is 8.19. The molecule has 0 spiro atoms. The minimum Gasteiger partial charge on any atom is -0.497 e. The molecular weight excluding hydrogens is 360 g/mol. The van der Waals surface area contributed by atoms with Gasteiger partial charge in [0.2, 0.25) is 5.95 Å². The van der Waals surface area contributed by atoms with E-state index >= 15 is 0 Å². The van der Waals surface area contributed by atoms with E-state index in [0.29, 0.717) is 12.5 Å². The van der Waals surface area contributed by atoms with Crippen molar-refractivity contribution in [2.75, 3.05) is 17.7 Å². The van der Waals surface area contributed by atoms with E-state index in [0.717, 1.165) is 33.7 Å². The molecule has 1 aromatic heterocycles. The van der Waals surface area contributed by atoms with Crippen LogP contribution in [-0.4, -0.2) is 17.1 Å². The third-order valence-electron chi connectivity index (χ3n) is 4.99. The van der Waals surface area contributed by atoms with Gasteiger partial charge in [0.1, 0.15) is 11.6 Å². The quantitative estimate of drug-likeness (QED) is 0.452. The molecule has 5 nitrogen and oxygen atoms in total. The molecule has 146 valence electrons. The number of benzene rings is 3. The maximum atomic E-state index is 5.23. The summed E-state index contributed by atoms with van der Waals surface area (Å²) in [5.74, 6) is 2.23. The minimum absolute atomic E-state index is 0.573. The van der Waals surface area contributed by atoms with E-state index in [1.807, 2.05) is 54.6 Å². The monoisotopic (exact) mass is 384 g/mol. The molecule has 0 aliphatic heterocycles. The first-order chi connectivity index (χ1) is 14.1. The van der Waals surface area contributed by atoms with Gasteiger partial charge >= 0.3 is 0 Å². The van der Waals surface area contributed by atoms with Crippen LogP contribution in [0.2, 0.25) is 0 Å². The molecule has 5 heteroatoms. The summed E-state index contributed by atoms with van der Waals surface area (Å²) in [7, 11) is 1.67. The van der Waals surface area contributed by atoms with Gasteiger partial charge in [-0.25, -0.2) is 4.98 Å². The number of para-hydroxylation sites is 1. The third-order valence-corrected chi connectivity index (χ3v) is 4.99. The Bertz CT molecular complexity index is 1140. The lowest BCUT2D eigenvalue weighted by molar-refractivity contribution is 0.414. The molecule has 0 aliphatic carbocycles. The Morgan fingerprint density at radius 3 is 2.41 bits per heavy atom. The summed E-state index contributed by atoms with van der Waals surface area (Å²) in [6, 6.07) is 22.3. The Morgan fingerprint density at radius 1 is 0.862 bits per heavy atom. The van der Waals surface area contributed by atoms with E-state index in [-0.39, 0.29) is 0 Å². The highest BCUT2D eigenvalue weighted by Gasteiger charge is 2.08. The van der Waals surface area contributed by atoms with Crippen molar-refractivity contribution in [1.29, 1.82) is 0 Å². The van der Waals surface area contributed by atoms with Crippen LogP contribution in [-0.2, 0) is 6.54 Å². The first kappa shape index (κ1) is 18.7. The molecule has 0 bridgehead atoms. The first-order valence-corrected chi connectivity index (χ1v) is 9.60. The molecule has 29 heavy (non-hydrogen) atoms. The van der Waals surface area contributed by atoms with E-state index < -0.39 is 0 Å². The van der Waals surface area contributed by atoms with Gasteiger partial charge in [-0.15, -0.1) is 0 Å². The van der Waals surface area contributed by atoms with Crippen LogP contribution < -0.4 is 15.4 Å². The van der Waals surface area contributed by atoms with Crippen molar-refractivity contribution in [3.63, 3.8) is 0 Å². The summed E-state index contributed by atoms with van der Waals surface area (Å²) in [6.45, 7) is 4.87. The number of rotatable bonds is 6. The summed E-state index contributed by atoms with van der Waals surface area (Å²) in [6.07, 6.45) is 0. The first-order valence-electron chi connectivity index (χ1n) is 9.60. The fourth-order valence-corrected chi connectivity index (χ4v) is 3.14. The largest absolute Gasteiger partial charge is 0.497 e. The Labute approximate surface area is 170 Å². The summed E-state index contributed by atoms with van der Waals surface area (Å²) in [4.78, 5) is 9.42. The number of aromatic nitrogens is 2. The van der Waals surface area contributed by atoms with Crippen LogP contribution in [0, 0.1) is 13.8 Å². The molecule has 0 radical (unpaired) electrons. The third kappa shape index (κ3) is 4.29. The van der Waals surface area contributed by atoms with Gasteiger partial charge in [0.05, 0.1) is 12.6 Å². The van der Waals surface area contributed by atoms with Crippen LogP contribution in [0.5, 0.6) is 5.75 Å². The van der Waals surface area contributed by atoms with Crippen LogP contribution in [0.25, 0.3) is 10.9 Å². The van der Waals surface area contributed by atoms with Crippen molar-refractivity contribution >= 4 is 28.4 Å². The molecule has 0 amide bonds. The van der Waals surface area contributed by atoms with E-state index in [9.17, 15) is 0 Å². The lowest BCUT2D eigenvalue weighted by atomic mass is 10.1. The number of aryl methyl sites for hydroxylation is 2. The number of hydrogen-bond acceptors (Lipinski definition) is 5. The van der Waals surface area contributed by atoms with E-state index in [1.54, 1.807) is 7.11 Å². The number of anilines is 3. The normalized spacial score (nSPS) is 10.7. The summed E-state index contributed by atoms with van der Waals surface area (Å²) >= 11 is 0. The summed E-state index contributed by atoms with van der Waals surface area (Å²) < 4.78 is 5.23. The Kier molecular flexibility index (Phi) is 5.29. The van der Waals surface area contributed by atoms with Gasteiger partial charge in [-0.3, -0.25) is 0 Å². The van der Waals surface area contributed by atoms with E-state index in [2.05, 4.69) is 41.6 Å². The lowest BCUT2D eigenvalue weighted by Gasteiger charge is -2.13. The fourth-order valence-electron chi connectivity index (χ4n) is 3.14. The molecule has 0 saturated heterocycles. The van der Waals surface area contributed by atoms with Crippen molar-refractivity contribution in [3.8, 4) is 5.75 Å². The van der Waals surface area contributed by atoms with Crippen LogP contribution in [0.4, 0.5) is 17.5 Å². The number of fused-ring (bicyclic) bond motifs is 1. The molecular formula is C24H24N4O. The van der Waals surface area contributed by atoms with Gasteiger partial charge in [-0.1, -0.05) is 30.3 Å². The minimum atomic E-state index is 0.573. The average Bonchev–Trinajstić information content (AvgIpc) is 2.75. The molecule has 0 unspecified atom stereocenters. The summed E-state index contributed by atoms with van der Waals surface area (Å²) in [5, 5.41) is 7.79. The summed E-state index contributed by atoms with van der Waals surface area (Å²) in [5.41, 5.74) is 5.51. The SMILES string of the molecule is COc1ccc(CNc2nc(Nc3ccc(C)c(C)c3)nc3ccccc23)cc1. The standard InChI is InChI=1S/C24H24N4O/c1-16-8-11-19(14-17(16)2)26-24-27-22-7-5-4-6-21(22)23(28-24)25-15-18-9-12-20(29-3)13-10-18/h4-14H,15H2,1-3H3,(H2,25,26,27,28). The number of ether oxygens (including phenoxy) is 1. The number of nitrogens with one attached hydrogen (secondary N) is 2. The molecule has 0 saturated carbocycles. The zero-order valence-corrected chi connectivity index (χ0v) is 16.9. The zero-order valence-electron chi connectivity index (χ0n) is 16.9. The second-order valence-electron chi connectivity index (χ2n) is 7.04. The molecule has 4 aromatic rings. The van der Waals surface area contributed by atoms with E-state index in [1.165, 1.54) is 11.1 Å². The van der Waals surface area contributed by atoms with Crippen molar-refractivity contribution in [1.82, 2.24) is 9.97 Å². The highest BCUT2D eigenvalue weighted by atomic mass is 16.5. The number of methoxy groups -OCH3 is 1. The highest BCUT2D eigenvalue weighted by molar-refractivity contribution is 5.90. The van der Waals surface area contributed by atoms with Crippen molar-refractivity contribution in [2.24, 2.45) is 0 Å². The van der Waals surface area contributed by atoms with Crippen molar-refractivity contribution < 1.29 is 4.74 Å². The predicted molar refractivity (Wildman–Crippen MR) is 119 cm³/mol. The predicted octanol–water partition coefficient (Wildman–Crippen LogP) is 5.61. The maximum absolute atomic E-state index is 5.23. The average molecular weight is 384 g/mol. The fraction of sp³-hybridized carbons (Fsp3) is 0.167. The van der Waals surface area contributed by atoms with Crippen LogP contribution in [0.1, 0.15) is 16.7 Å². The van der Waals surface area contributed by atoms with Crippen LogP contribution >= 0.6 is 0 Å². The molecule has 2 N–H and O–H groups in total. The molecule has 0 fully saturated rings. The Balaban J connectivity index is 1.62. The Hall–Kier alpha value is -3.60. The zero-order chi connectivity index (χ0) is 20.2. The lowest BCUT2D eigenvalue weighted by Crippen LogP contribution is -2.06.